The molecule has 0 saturated carbocycles. The predicted molar refractivity (Wildman–Crippen MR) is 77.3 cm³/mol. The van der Waals surface area contributed by atoms with Gasteiger partial charge in [-0.2, -0.15) is 0 Å². The van der Waals surface area contributed by atoms with E-state index in [4.69, 9.17) is 9.84 Å². The number of ether oxygens (including phenoxy) is 2. The van der Waals surface area contributed by atoms with Crippen LogP contribution in [0.3, 0.4) is 0 Å². The molecule has 5 nitrogen and oxygen atoms in total. The molecule has 116 valence electrons. The molecular weight excluding hydrogens is 272 g/mol. The van der Waals surface area contributed by atoms with Gasteiger partial charge < -0.3 is 14.6 Å². The van der Waals surface area contributed by atoms with E-state index in [9.17, 15) is 9.59 Å². The van der Waals surface area contributed by atoms with Crippen molar-refractivity contribution >= 4 is 11.9 Å². The van der Waals surface area contributed by atoms with E-state index in [2.05, 4.69) is 4.74 Å². The fourth-order valence-corrected chi connectivity index (χ4v) is 1.81. The van der Waals surface area contributed by atoms with Gasteiger partial charge in [-0.1, -0.05) is 30.3 Å². The van der Waals surface area contributed by atoms with E-state index >= 15 is 0 Å². The third-order valence-corrected chi connectivity index (χ3v) is 2.78. The molecule has 0 aliphatic carbocycles. The van der Waals surface area contributed by atoms with Gasteiger partial charge >= 0.3 is 11.9 Å². The molecule has 1 N–H and O–H groups in total. The number of hydrogen-bond donors (Lipinski definition) is 1. The van der Waals surface area contributed by atoms with Gasteiger partial charge in [0.05, 0.1) is 6.61 Å². The van der Waals surface area contributed by atoms with E-state index in [1.54, 1.807) is 0 Å². The summed E-state index contributed by atoms with van der Waals surface area (Å²) in [5, 5.41) is 8.83. The zero-order valence-corrected chi connectivity index (χ0v) is 12.3. The zero-order chi connectivity index (χ0) is 15.5. The van der Waals surface area contributed by atoms with Crippen molar-refractivity contribution in [1.82, 2.24) is 0 Å². The Morgan fingerprint density at radius 3 is 2.43 bits per heavy atom. The van der Waals surface area contributed by atoms with E-state index in [1.807, 2.05) is 30.3 Å². The Balaban J connectivity index is 2.02. The molecule has 0 bridgehead atoms. The van der Waals surface area contributed by atoms with E-state index in [1.165, 1.54) is 12.5 Å². The van der Waals surface area contributed by atoms with E-state index in [0.29, 0.717) is 13.0 Å². The minimum atomic E-state index is -1.11. The summed E-state index contributed by atoms with van der Waals surface area (Å²) >= 11 is 0. The van der Waals surface area contributed by atoms with Crippen LogP contribution in [0.2, 0.25) is 0 Å². The molecule has 0 aliphatic heterocycles. The van der Waals surface area contributed by atoms with Gasteiger partial charge in [0.1, 0.15) is 0 Å². The maximum atomic E-state index is 11.4. The van der Waals surface area contributed by atoms with E-state index in [-0.39, 0.29) is 18.8 Å². The second kappa shape index (κ2) is 9.94. The molecule has 1 atom stereocenters. The molecule has 1 unspecified atom stereocenters. The maximum Gasteiger partial charge on any atom is 0.308 e. The van der Waals surface area contributed by atoms with Crippen molar-refractivity contribution < 1.29 is 24.2 Å². The van der Waals surface area contributed by atoms with Crippen molar-refractivity contribution in [2.24, 2.45) is 0 Å². The third kappa shape index (κ3) is 8.81. The Morgan fingerprint density at radius 1 is 1.10 bits per heavy atom. The lowest BCUT2D eigenvalue weighted by atomic mass is 10.1. The minimum Gasteiger partial charge on any atom is -0.466 e. The Labute approximate surface area is 124 Å². The number of hydrogen-bond acceptors (Lipinski definition) is 5. The molecule has 0 heterocycles. The molecule has 0 fully saturated rings. The first-order valence-electron chi connectivity index (χ1n) is 7.15. The van der Waals surface area contributed by atoms with Crippen molar-refractivity contribution in [3.63, 3.8) is 0 Å². The summed E-state index contributed by atoms with van der Waals surface area (Å²) in [6, 6.07) is 10.00. The Bertz CT molecular complexity index is 428. The third-order valence-electron chi connectivity index (χ3n) is 2.78. The van der Waals surface area contributed by atoms with Crippen molar-refractivity contribution in [2.45, 2.75) is 45.3 Å². The van der Waals surface area contributed by atoms with Crippen molar-refractivity contribution in [1.29, 1.82) is 0 Å². The standard InChI is InChI=1S/C16H22O5/c1-13(17)21-16(19)11-5-10-15(18)20-12-6-9-14-7-3-2-4-8-14/h2-4,7-8,13,17H,5-6,9-12H2,1H3. The fourth-order valence-electron chi connectivity index (χ4n) is 1.81. The van der Waals surface area contributed by atoms with Crippen LogP contribution in [0.1, 0.15) is 38.2 Å². The quantitative estimate of drug-likeness (QED) is 0.429. The van der Waals surface area contributed by atoms with Gasteiger partial charge in [0.15, 0.2) is 6.29 Å². The van der Waals surface area contributed by atoms with E-state index in [0.717, 1.165) is 12.8 Å². The molecule has 0 radical (unpaired) electrons. The monoisotopic (exact) mass is 294 g/mol. The summed E-state index contributed by atoms with van der Waals surface area (Å²) < 4.78 is 9.63. The predicted octanol–water partition coefficient (Wildman–Crippen LogP) is 2.21. The minimum absolute atomic E-state index is 0.101. The second-order valence-corrected chi connectivity index (χ2v) is 4.75. The highest BCUT2D eigenvalue weighted by atomic mass is 16.6. The number of aliphatic hydroxyl groups excluding tert-OH is 1. The average Bonchev–Trinajstić information content (AvgIpc) is 2.44. The first-order chi connectivity index (χ1) is 10.1. The van der Waals surface area contributed by atoms with Gasteiger partial charge in [0.2, 0.25) is 0 Å². The maximum absolute atomic E-state index is 11.4. The molecule has 0 aliphatic rings. The summed E-state index contributed by atoms with van der Waals surface area (Å²) in [4.78, 5) is 22.6. The highest BCUT2D eigenvalue weighted by Crippen LogP contribution is 2.04. The van der Waals surface area contributed by atoms with Crippen LogP contribution in [0.4, 0.5) is 0 Å². The topological polar surface area (TPSA) is 72.8 Å². The van der Waals surface area contributed by atoms with Gasteiger partial charge in [0.25, 0.3) is 0 Å². The normalized spacial score (nSPS) is 11.7. The number of rotatable bonds is 9. The molecule has 0 amide bonds. The van der Waals surface area contributed by atoms with Gasteiger partial charge in [-0.15, -0.1) is 0 Å². The molecule has 0 aromatic heterocycles. The Morgan fingerprint density at radius 2 is 1.76 bits per heavy atom. The van der Waals surface area contributed by atoms with Crippen molar-refractivity contribution in [2.75, 3.05) is 6.61 Å². The largest absolute Gasteiger partial charge is 0.466 e. The molecule has 1 aromatic carbocycles. The first kappa shape index (κ1) is 17.2. The number of esters is 2. The summed E-state index contributed by atoms with van der Waals surface area (Å²) in [5.41, 5.74) is 1.22. The van der Waals surface area contributed by atoms with Crippen LogP contribution in [0.5, 0.6) is 0 Å². The lowest BCUT2D eigenvalue weighted by molar-refractivity contribution is -0.164. The molecule has 5 heteroatoms. The van der Waals surface area contributed by atoms with Crippen LogP contribution < -0.4 is 0 Å². The number of benzene rings is 1. The van der Waals surface area contributed by atoms with Crippen LogP contribution in [0.15, 0.2) is 30.3 Å². The smallest absolute Gasteiger partial charge is 0.308 e. The summed E-state index contributed by atoms with van der Waals surface area (Å²) in [7, 11) is 0. The lowest BCUT2D eigenvalue weighted by Gasteiger charge is -2.07. The van der Waals surface area contributed by atoms with Gasteiger partial charge in [0, 0.05) is 12.8 Å². The number of carbonyl (C=O) groups excluding carboxylic acids is 2. The van der Waals surface area contributed by atoms with Crippen LogP contribution in [-0.2, 0) is 25.5 Å². The zero-order valence-electron chi connectivity index (χ0n) is 12.3. The molecule has 0 spiro atoms. The summed E-state index contributed by atoms with van der Waals surface area (Å²) in [5.74, 6) is -0.824. The Kier molecular flexibility index (Phi) is 8.12. The lowest BCUT2D eigenvalue weighted by Crippen LogP contribution is -2.14. The number of aryl methyl sites for hydroxylation is 1. The molecule has 21 heavy (non-hydrogen) atoms. The molecule has 0 saturated heterocycles. The van der Waals surface area contributed by atoms with Gasteiger partial charge in [-0.25, -0.2) is 0 Å². The highest BCUT2D eigenvalue weighted by Gasteiger charge is 2.09. The van der Waals surface area contributed by atoms with Crippen LogP contribution in [-0.4, -0.2) is 29.9 Å². The SMILES string of the molecule is CC(O)OC(=O)CCCC(=O)OCCCc1ccccc1. The van der Waals surface area contributed by atoms with Gasteiger partial charge in [-0.3, -0.25) is 9.59 Å². The van der Waals surface area contributed by atoms with Crippen LogP contribution >= 0.6 is 0 Å². The summed E-state index contributed by atoms with van der Waals surface area (Å²) in [6.07, 6.45) is 1.18. The molecule has 1 aromatic rings. The highest BCUT2D eigenvalue weighted by molar-refractivity contribution is 5.72. The molecular formula is C16H22O5. The van der Waals surface area contributed by atoms with Gasteiger partial charge in [-0.05, 0) is 31.7 Å². The second-order valence-electron chi connectivity index (χ2n) is 4.75. The molecule has 1 rings (SSSR count). The number of carbonyl (C=O) groups is 2. The van der Waals surface area contributed by atoms with Crippen LogP contribution in [0.25, 0.3) is 0 Å². The fraction of sp³-hybridized carbons (Fsp3) is 0.500. The van der Waals surface area contributed by atoms with E-state index < -0.39 is 12.3 Å². The Hall–Kier alpha value is -1.88. The van der Waals surface area contributed by atoms with Crippen molar-refractivity contribution in [3.05, 3.63) is 35.9 Å². The number of aliphatic hydroxyl groups is 1. The summed E-state index contributed by atoms with van der Waals surface area (Å²) in [6.45, 7) is 1.74. The first-order valence-corrected chi connectivity index (χ1v) is 7.15. The van der Waals surface area contributed by atoms with Crippen LogP contribution in [0, 0.1) is 0 Å². The average molecular weight is 294 g/mol. The van der Waals surface area contributed by atoms with Crippen molar-refractivity contribution in [3.8, 4) is 0 Å².